The van der Waals surface area contributed by atoms with Crippen molar-refractivity contribution in [1.29, 1.82) is 0 Å². The van der Waals surface area contributed by atoms with Gasteiger partial charge in [0.2, 0.25) is 0 Å². The van der Waals surface area contributed by atoms with Gasteiger partial charge in [-0.3, -0.25) is 0 Å². The molecule has 186 valence electrons. The largest absolute Gasteiger partial charge is 0.309 e. The van der Waals surface area contributed by atoms with Gasteiger partial charge in [-0.05, 0) is 90.8 Å². The van der Waals surface area contributed by atoms with Gasteiger partial charge in [-0.2, -0.15) is 0 Å². The van der Waals surface area contributed by atoms with Crippen molar-refractivity contribution in [3.05, 3.63) is 127 Å². The van der Waals surface area contributed by atoms with Crippen molar-refractivity contribution in [3.8, 4) is 16.8 Å². The summed E-state index contributed by atoms with van der Waals surface area (Å²) in [5.74, 6) is 0. The molecule has 0 saturated carbocycles. The molecule has 0 radical (unpaired) electrons. The average molecular weight is 500 g/mol. The third-order valence-electron chi connectivity index (χ3n) is 8.42. The van der Waals surface area contributed by atoms with Crippen LogP contribution < -0.4 is 0 Å². The first-order chi connectivity index (χ1) is 19.0. The highest BCUT2D eigenvalue weighted by atomic mass is 15.0. The molecule has 7 aromatic carbocycles. The van der Waals surface area contributed by atoms with Gasteiger partial charge in [0.15, 0.2) is 0 Å². The predicted molar refractivity (Wildman–Crippen MR) is 169 cm³/mol. The lowest BCUT2D eigenvalue weighted by molar-refractivity contribution is 0.591. The van der Waals surface area contributed by atoms with Gasteiger partial charge in [0.1, 0.15) is 0 Å². The van der Waals surface area contributed by atoms with Crippen molar-refractivity contribution < 1.29 is 0 Å². The van der Waals surface area contributed by atoms with Crippen LogP contribution in [0.25, 0.3) is 70.9 Å². The van der Waals surface area contributed by atoms with Gasteiger partial charge in [0, 0.05) is 16.5 Å². The molecule has 0 aliphatic rings. The van der Waals surface area contributed by atoms with E-state index in [1.165, 1.54) is 76.5 Å². The lowest BCUT2D eigenvalue weighted by atomic mass is 9.83. The van der Waals surface area contributed by atoms with E-state index in [0.29, 0.717) is 0 Å². The Hall–Kier alpha value is -4.62. The van der Waals surface area contributed by atoms with Crippen LogP contribution in [0.1, 0.15) is 26.3 Å². The zero-order chi connectivity index (χ0) is 26.3. The first kappa shape index (κ1) is 22.4. The molecule has 0 amide bonds. The molecule has 0 saturated heterocycles. The van der Waals surface area contributed by atoms with Crippen LogP contribution in [0.5, 0.6) is 0 Å². The molecule has 8 rings (SSSR count). The predicted octanol–water partition coefficient (Wildman–Crippen LogP) is 10.6. The summed E-state index contributed by atoms with van der Waals surface area (Å²) in [4.78, 5) is 0. The van der Waals surface area contributed by atoms with Crippen LogP contribution in [-0.2, 0) is 5.41 Å². The molecule has 0 atom stereocenters. The zero-order valence-corrected chi connectivity index (χ0v) is 22.5. The van der Waals surface area contributed by atoms with E-state index in [0.717, 1.165) is 0 Å². The lowest BCUT2D eigenvalue weighted by Crippen LogP contribution is -2.10. The second-order valence-electron chi connectivity index (χ2n) is 11.9. The molecule has 1 aromatic heterocycles. The summed E-state index contributed by atoms with van der Waals surface area (Å²) >= 11 is 0. The van der Waals surface area contributed by atoms with Crippen molar-refractivity contribution in [3.63, 3.8) is 0 Å². The summed E-state index contributed by atoms with van der Waals surface area (Å²) in [7, 11) is 0. The number of fused-ring (bicyclic) bond motifs is 3. The first-order valence-electron chi connectivity index (χ1n) is 13.8. The van der Waals surface area contributed by atoms with E-state index in [1.807, 2.05) is 0 Å². The second-order valence-corrected chi connectivity index (χ2v) is 11.9. The van der Waals surface area contributed by atoms with E-state index in [9.17, 15) is 0 Å². The lowest BCUT2D eigenvalue weighted by Gasteiger charge is -2.21. The number of hydrogen-bond acceptors (Lipinski definition) is 0. The van der Waals surface area contributed by atoms with E-state index in [-0.39, 0.29) is 5.41 Å². The second kappa shape index (κ2) is 7.94. The minimum absolute atomic E-state index is 0.123. The fraction of sp³-hybridized carbons (Fsp3) is 0.105. The summed E-state index contributed by atoms with van der Waals surface area (Å²) in [5.41, 5.74) is 7.66. The number of hydrogen-bond donors (Lipinski definition) is 0. The van der Waals surface area contributed by atoms with Crippen LogP contribution in [0.4, 0.5) is 0 Å². The van der Waals surface area contributed by atoms with Crippen molar-refractivity contribution in [1.82, 2.24) is 4.57 Å². The molecule has 0 aliphatic carbocycles. The highest BCUT2D eigenvalue weighted by Gasteiger charge is 2.18. The van der Waals surface area contributed by atoms with E-state index in [1.54, 1.807) is 0 Å². The fourth-order valence-corrected chi connectivity index (χ4v) is 6.44. The molecule has 0 bridgehead atoms. The van der Waals surface area contributed by atoms with Crippen LogP contribution in [0.15, 0.2) is 121 Å². The van der Waals surface area contributed by atoms with Crippen LogP contribution in [0.2, 0.25) is 0 Å². The van der Waals surface area contributed by atoms with Gasteiger partial charge in [-0.1, -0.05) is 106 Å². The molecule has 1 heterocycles. The Balaban J connectivity index is 1.37. The van der Waals surface area contributed by atoms with Crippen molar-refractivity contribution in [2.45, 2.75) is 26.2 Å². The quantitative estimate of drug-likeness (QED) is 0.208. The Bertz CT molecular complexity index is 2120. The minimum Gasteiger partial charge on any atom is -0.309 e. The first-order valence-corrected chi connectivity index (χ1v) is 13.8. The van der Waals surface area contributed by atoms with E-state index >= 15 is 0 Å². The number of nitrogens with zero attached hydrogens (tertiary/aromatic N) is 1. The van der Waals surface area contributed by atoms with Gasteiger partial charge in [-0.15, -0.1) is 0 Å². The van der Waals surface area contributed by atoms with Crippen molar-refractivity contribution in [2.24, 2.45) is 0 Å². The molecule has 1 nitrogen and oxygen atoms in total. The Morgan fingerprint density at radius 3 is 1.67 bits per heavy atom. The molecule has 0 unspecified atom stereocenters. The van der Waals surface area contributed by atoms with Gasteiger partial charge in [-0.25, -0.2) is 0 Å². The van der Waals surface area contributed by atoms with Crippen LogP contribution in [0.3, 0.4) is 0 Å². The maximum Gasteiger partial charge on any atom is 0.0547 e. The highest BCUT2D eigenvalue weighted by molar-refractivity contribution is 6.24. The third-order valence-corrected chi connectivity index (χ3v) is 8.42. The normalized spacial score (nSPS) is 12.5. The number of para-hydroxylation sites is 2. The molecule has 39 heavy (non-hydrogen) atoms. The standard InChI is InChI=1S/C38H29N/c1-38(2,3)30-21-27-15-13-25-19-29(20-26-14-16-28(22-30)37(27)36(25)26)24-17-18-33-32-11-7-8-12-34(32)39(35(33)23-24)31-9-5-4-6-10-31/h4-23H,1-3H3. The van der Waals surface area contributed by atoms with Crippen molar-refractivity contribution >= 4 is 54.1 Å². The maximum absolute atomic E-state index is 2.39. The Morgan fingerprint density at radius 1 is 0.462 bits per heavy atom. The Labute approximate surface area is 228 Å². The molecule has 1 heteroatoms. The summed E-state index contributed by atoms with van der Waals surface area (Å²) in [6.45, 7) is 6.88. The van der Waals surface area contributed by atoms with E-state index in [4.69, 9.17) is 0 Å². The Morgan fingerprint density at radius 2 is 1.03 bits per heavy atom. The van der Waals surface area contributed by atoms with Crippen LogP contribution in [0, 0.1) is 0 Å². The zero-order valence-electron chi connectivity index (χ0n) is 22.5. The van der Waals surface area contributed by atoms with Crippen molar-refractivity contribution in [2.75, 3.05) is 0 Å². The fourth-order valence-electron chi connectivity index (χ4n) is 6.44. The average Bonchev–Trinajstić information content (AvgIpc) is 3.29. The van der Waals surface area contributed by atoms with Gasteiger partial charge in [0.05, 0.1) is 11.0 Å². The summed E-state index contributed by atoms with van der Waals surface area (Å²) in [6, 6.07) is 45.1. The number of rotatable bonds is 2. The van der Waals surface area contributed by atoms with Gasteiger partial charge < -0.3 is 4.57 Å². The van der Waals surface area contributed by atoms with E-state index < -0.39 is 0 Å². The molecule has 0 aliphatic heterocycles. The molecule has 0 spiro atoms. The SMILES string of the molecule is CC(C)(C)c1cc2ccc3cc(-c4ccc5c6ccccc6n(-c6ccccc6)c5c4)cc4ccc(c1)c2c34. The summed E-state index contributed by atoms with van der Waals surface area (Å²) < 4.78 is 2.39. The van der Waals surface area contributed by atoms with Gasteiger partial charge >= 0.3 is 0 Å². The molecule has 0 fully saturated rings. The van der Waals surface area contributed by atoms with Crippen LogP contribution >= 0.6 is 0 Å². The topological polar surface area (TPSA) is 4.93 Å². The monoisotopic (exact) mass is 499 g/mol. The van der Waals surface area contributed by atoms with E-state index in [2.05, 4.69) is 147 Å². The van der Waals surface area contributed by atoms with Gasteiger partial charge in [0.25, 0.3) is 0 Å². The van der Waals surface area contributed by atoms with Crippen LogP contribution in [-0.4, -0.2) is 4.57 Å². The number of benzene rings is 7. The minimum atomic E-state index is 0.123. The maximum atomic E-state index is 2.39. The third kappa shape index (κ3) is 3.33. The molecule has 8 aromatic rings. The number of aromatic nitrogens is 1. The smallest absolute Gasteiger partial charge is 0.0547 e. The highest BCUT2D eigenvalue weighted by Crippen LogP contribution is 2.41. The molecular weight excluding hydrogens is 470 g/mol. The molecular formula is C38H29N. The Kier molecular flexibility index (Phi) is 4.56. The summed E-state index contributed by atoms with van der Waals surface area (Å²) in [5, 5.41) is 10.6. The molecule has 0 N–H and O–H groups in total. The summed E-state index contributed by atoms with van der Waals surface area (Å²) in [6.07, 6.45) is 0.